The lowest BCUT2D eigenvalue weighted by Gasteiger charge is -2.24. The van der Waals surface area contributed by atoms with Crippen molar-refractivity contribution < 1.29 is 5.21 Å². The average molecular weight is 253 g/mol. The quantitative estimate of drug-likeness (QED) is 0.353. The topological polar surface area (TPSA) is 61.8 Å². The van der Waals surface area contributed by atoms with Crippen molar-refractivity contribution in [2.75, 3.05) is 6.54 Å². The molecule has 94 valence electrons. The molecule has 1 aromatic rings. The zero-order valence-corrected chi connectivity index (χ0v) is 10.9. The van der Waals surface area contributed by atoms with Gasteiger partial charge in [0.25, 0.3) is 0 Å². The van der Waals surface area contributed by atoms with E-state index in [4.69, 9.17) is 10.9 Å². The summed E-state index contributed by atoms with van der Waals surface area (Å²) in [5.74, 6) is 0.419. The molecule has 0 spiro atoms. The number of rotatable bonds is 6. The SMILES string of the molecule is CC(CN(Cc1cccs1)C1CC1)C(N)=NO. The Morgan fingerprint density at radius 2 is 2.47 bits per heavy atom. The predicted octanol–water partition coefficient (Wildman–Crippen LogP) is 2.10. The van der Waals surface area contributed by atoms with Crippen LogP contribution in [0.1, 0.15) is 24.6 Å². The van der Waals surface area contributed by atoms with Gasteiger partial charge in [-0.3, -0.25) is 4.90 Å². The first-order valence-electron chi connectivity index (χ1n) is 5.94. The summed E-state index contributed by atoms with van der Waals surface area (Å²) >= 11 is 1.79. The standard InChI is InChI=1S/C12H19N3OS/c1-9(12(13)14-16)7-15(10-4-5-10)8-11-3-2-6-17-11/h2-3,6,9-10,16H,4-5,7-8H2,1H3,(H2,13,14). The van der Waals surface area contributed by atoms with Crippen LogP contribution >= 0.6 is 11.3 Å². The summed E-state index contributed by atoms with van der Waals surface area (Å²) in [7, 11) is 0. The van der Waals surface area contributed by atoms with Gasteiger partial charge < -0.3 is 10.9 Å². The van der Waals surface area contributed by atoms with Gasteiger partial charge in [-0.15, -0.1) is 11.3 Å². The molecule has 0 aromatic carbocycles. The molecule has 17 heavy (non-hydrogen) atoms. The zero-order chi connectivity index (χ0) is 12.3. The lowest BCUT2D eigenvalue weighted by Crippen LogP contribution is -2.35. The number of hydrogen-bond donors (Lipinski definition) is 2. The third-order valence-electron chi connectivity index (χ3n) is 3.13. The van der Waals surface area contributed by atoms with Crippen LogP contribution < -0.4 is 5.73 Å². The summed E-state index contributed by atoms with van der Waals surface area (Å²) in [5.41, 5.74) is 5.63. The molecule has 1 fully saturated rings. The van der Waals surface area contributed by atoms with E-state index in [9.17, 15) is 0 Å². The van der Waals surface area contributed by atoms with Crippen LogP contribution in [0.4, 0.5) is 0 Å². The monoisotopic (exact) mass is 253 g/mol. The molecule has 1 atom stereocenters. The van der Waals surface area contributed by atoms with Gasteiger partial charge in [-0.2, -0.15) is 0 Å². The first-order valence-corrected chi connectivity index (χ1v) is 6.82. The molecule has 1 aromatic heterocycles. The van der Waals surface area contributed by atoms with Crippen LogP contribution in [0.15, 0.2) is 22.7 Å². The Morgan fingerprint density at radius 1 is 1.71 bits per heavy atom. The van der Waals surface area contributed by atoms with Crippen molar-refractivity contribution in [2.45, 2.75) is 32.4 Å². The molecule has 1 saturated carbocycles. The van der Waals surface area contributed by atoms with Crippen LogP contribution in [0.25, 0.3) is 0 Å². The highest BCUT2D eigenvalue weighted by molar-refractivity contribution is 7.09. The largest absolute Gasteiger partial charge is 0.409 e. The van der Waals surface area contributed by atoms with Crippen LogP contribution in [0.2, 0.25) is 0 Å². The number of hydrogen-bond acceptors (Lipinski definition) is 4. The van der Waals surface area contributed by atoms with Crippen molar-refractivity contribution in [2.24, 2.45) is 16.8 Å². The number of nitrogens with zero attached hydrogens (tertiary/aromatic N) is 2. The van der Waals surface area contributed by atoms with E-state index in [0.29, 0.717) is 11.9 Å². The third kappa shape index (κ3) is 3.44. The molecule has 5 heteroatoms. The minimum Gasteiger partial charge on any atom is -0.409 e. The van der Waals surface area contributed by atoms with Gasteiger partial charge in [-0.25, -0.2) is 0 Å². The second-order valence-electron chi connectivity index (χ2n) is 4.67. The van der Waals surface area contributed by atoms with Gasteiger partial charge in [0, 0.05) is 29.9 Å². The number of amidine groups is 1. The summed E-state index contributed by atoms with van der Waals surface area (Å²) in [6, 6.07) is 4.93. The van der Waals surface area contributed by atoms with Gasteiger partial charge in [-0.05, 0) is 24.3 Å². The van der Waals surface area contributed by atoms with Crippen LogP contribution in [-0.4, -0.2) is 28.5 Å². The van der Waals surface area contributed by atoms with Gasteiger partial charge in [0.1, 0.15) is 5.84 Å². The molecular formula is C12H19N3OS. The summed E-state index contributed by atoms with van der Waals surface area (Å²) in [5, 5.41) is 13.9. The summed E-state index contributed by atoms with van der Waals surface area (Å²) in [6.07, 6.45) is 2.54. The van der Waals surface area contributed by atoms with E-state index in [2.05, 4.69) is 27.6 Å². The fraction of sp³-hybridized carbons (Fsp3) is 0.583. The normalized spacial score (nSPS) is 18.6. The molecule has 1 heterocycles. The first kappa shape index (κ1) is 12.4. The second-order valence-corrected chi connectivity index (χ2v) is 5.70. The Kier molecular flexibility index (Phi) is 4.02. The molecule has 0 amide bonds. The molecule has 2 rings (SSSR count). The van der Waals surface area contributed by atoms with E-state index in [-0.39, 0.29) is 5.92 Å². The Labute approximate surface area is 106 Å². The Hall–Kier alpha value is -1.07. The fourth-order valence-corrected chi connectivity index (χ4v) is 2.66. The Morgan fingerprint density at radius 3 is 3.00 bits per heavy atom. The average Bonchev–Trinajstić information content (AvgIpc) is 3.06. The number of nitrogens with two attached hydrogens (primary N) is 1. The van der Waals surface area contributed by atoms with Crippen molar-refractivity contribution in [1.29, 1.82) is 0 Å². The van der Waals surface area contributed by atoms with Crippen LogP contribution in [0.5, 0.6) is 0 Å². The van der Waals surface area contributed by atoms with E-state index in [0.717, 1.165) is 13.1 Å². The molecule has 4 nitrogen and oxygen atoms in total. The molecule has 0 aliphatic heterocycles. The molecule has 1 aliphatic carbocycles. The minimum atomic E-state index is 0.0977. The lowest BCUT2D eigenvalue weighted by atomic mass is 10.1. The van der Waals surface area contributed by atoms with Crippen LogP contribution in [-0.2, 0) is 6.54 Å². The van der Waals surface area contributed by atoms with Crippen LogP contribution in [0.3, 0.4) is 0 Å². The van der Waals surface area contributed by atoms with Crippen molar-refractivity contribution in [3.63, 3.8) is 0 Å². The maximum atomic E-state index is 8.68. The molecule has 3 N–H and O–H groups in total. The maximum absolute atomic E-state index is 8.68. The van der Waals surface area contributed by atoms with Gasteiger partial charge in [0.2, 0.25) is 0 Å². The van der Waals surface area contributed by atoms with Gasteiger partial charge in [0.15, 0.2) is 0 Å². The maximum Gasteiger partial charge on any atom is 0.143 e. The highest BCUT2D eigenvalue weighted by Gasteiger charge is 2.30. The van der Waals surface area contributed by atoms with Gasteiger partial charge in [0.05, 0.1) is 0 Å². The highest BCUT2D eigenvalue weighted by atomic mass is 32.1. The molecule has 0 radical (unpaired) electrons. The van der Waals surface area contributed by atoms with Gasteiger partial charge >= 0.3 is 0 Å². The summed E-state index contributed by atoms with van der Waals surface area (Å²) in [6.45, 7) is 3.84. The second kappa shape index (κ2) is 5.51. The van der Waals surface area contributed by atoms with E-state index in [1.54, 1.807) is 11.3 Å². The molecule has 1 aliphatic rings. The Balaban J connectivity index is 1.93. The minimum absolute atomic E-state index is 0.0977. The summed E-state index contributed by atoms with van der Waals surface area (Å²) < 4.78 is 0. The van der Waals surface area contributed by atoms with Crippen molar-refractivity contribution in [3.8, 4) is 0 Å². The molecular weight excluding hydrogens is 234 g/mol. The van der Waals surface area contributed by atoms with Crippen molar-refractivity contribution >= 4 is 17.2 Å². The number of thiophene rings is 1. The van der Waals surface area contributed by atoms with Crippen molar-refractivity contribution in [1.82, 2.24) is 4.90 Å². The van der Waals surface area contributed by atoms with Crippen LogP contribution in [0, 0.1) is 5.92 Å². The lowest BCUT2D eigenvalue weighted by molar-refractivity contribution is 0.238. The first-order chi connectivity index (χ1) is 8.20. The van der Waals surface area contributed by atoms with E-state index in [1.807, 2.05) is 6.92 Å². The van der Waals surface area contributed by atoms with E-state index >= 15 is 0 Å². The highest BCUT2D eigenvalue weighted by Crippen LogP contribution is 2.29. The zero-order valence-electron chi connectivity index (χ0n) is 10.0. The van der Waals surface area contributed by atoms with Crippen molar-refractivity contribution in [3.05, 3.63) is 22.4 Å². The third-order valence-corrected chi connectivity index (χ3v) is 3.99. The molecule has 0 saturated heterocycles. The molecule has 0 bridgehead atoms. The number of oxime groups is 1. The van der Waals surface area contributed by atoms with E-state index in [1.165, 1.54) is 17.7 Å². The smallest absolute Gasteiger partial charge is 0.143 e. The predicted molar refractivity (Wildman–Crippen MR) is 70.3 cm³/mol. The van der Waals surface area contributed by atoms with E-state index < -0.39 is 0 Å². The Bertz CT molecular complexity index is 373. The molecule has 1 unspecified atom stereocenters. The fourth-order valence-electron chi connectivity index (χ4n) is 1.93. The summed E-state index contributed by atoms with van der Waals surface area (Å²) in [4.78, 5) is 3.82. The van der Waals surface area contributed by atoms with Gasteiger partial charge in [-0.1, -0.05) is 18.1 Å².